The molecular weight excluding hydrogens is 346 g/mol. The molecule has 27 heavy (non-hydrogen) atoms. The normalized spacial score (nSPS) is 11.6. The van der Waals surface area contributed by atoms with Gasteiger partial charge < -0.3 is 10.1 Å². The van der Waals surface area contributed by atoms with Crippen molar-refractivity contribution in [2.75, 3.05) is 12.4 Å². The van der Waals surface area contributed by atoms with Gasteiger partial charge in [0.2, 0.25) is 5.91 Å². The molecule has 0 aliphatic carbocycles. The maximum atomic E-state index is 12.6. The summed E-state index contributed by atoms with van der Waals surface area (Å²) < 4.78 is 8.25. The molecule has 1 N–H and O–H groups in total. The van der Waals surface area contributed by atoms with Crippen molar-refractivity contribution in [2.24, 2.45) is 0 Å². The van der Waals surface area contributed by atoms with Crippen LogP contribution in [-0.2, 0) is 16.9 Å². The van der Waals surface area contributed by atoms with Crippen LogP contribution in [-0.4, -0.2) is 32.3 Å². The predicted molar refractivity (Wildman–Crippen MR) is 103 cm³/mol. The van der Waals surface area contributed by atoms with Crippen LogP contribution in [0.4, 0.5) is 5.69 Å². The fourth-order valence-corrected chi connectivity index (χ4v) is 2.72. The third kappa shape index (κ3) is 3.99. The minimum Gasteiger partial charge on any atom is -0.497 e. The summed E-state index contributed by atoms with van der Waals surface area (Å²) in [4.78, 5) is 29.2. The van der Waals surface area contributed by atoms with E-state index in [-0.39, 0.29) is 30.0 Å². The lowest BCUT2D eigenvalue weighted by Gasteiger charge is -2.19. The summed E-state index contributed by atoms with van der Waals surface area (Å²) in [6.07, 6.45) is 3.16. The minimum absolute atomic E-state index is 0.159. The van der Waals surface area contributed by atoms with E-state index < -0.39 is 0 Å². The molecule has 0 fully saturated rings. The van der Waals surface area contributed by atoms with E-state index in [2.05, 4.69) is 15.4 Å². The molecule has 0 spiro atoms. The van der Waals surface area contributed by atoms with Gasteiger partial charge in [-0.25, -0.2) is 9.67 Å². The quantitative estimate of drug-likeness (QED) is 0.746. The number of aromatic nitrogens is 4. The molecule has 8 heteroatoms. The van der Waals surface area contributed by atoms with Gasteiger partial charge in [-0.15, -0.1) is 0 Å². The molecule has 3 aromatic rings. The Hall–Kier alpha value is -3.16. The van der Waals surface area contributed by atoms with E-state index in [1.807, 2.05) is 20.8 Å². The van der Waals surface area contributed by atoms with Crippen LogP contribution in [0.1, 0.15) is 27.2 Å². The van der Waals surface area contributed by atoms with Crippen LogP contribution in [0.3, 0.4) is 0 Å². The van der Waals surface area contributed by atoms with Gasteiger partial charge in [-0.3, -0.25) is 14.2 Å². The molecule has 3 rings (SSSR count). The fourth-order valence-electron chi connectivity index (χ4n) is 2.72. The zero-order chi connectivity index (χ0) is 19.6. The molecule has 2 heterocycles. The van der Waals surface area contributed by atoms with Crippen molar-refractivity contribution >= 4 is 22.6 Å². The second kappa shape index (κ2) is 7.22. The second-order valence-corrected chi connectivity index (χ2v) is 7.23. The van der Waals surface area contributed by atoms with Gasteiger partial charge in [-0.1, -0.05) is 0 Å². The third-order valence-electron chi connectivity index (χ3n) is 4.14. The average molecular weight is 369 g/mol. The smallest absolute Gasteiger partial charge is 0.264 e. The van der Waals surface area contributed by atoms with Crippen molar-refractivity contribution in [1.82, 2.24) is 19.3 Å². The first-order chi connectivity index (χ1) is 12.8. The molecule has 0 atom stereocenters. The van der Waals surface area contributed by atoms with E-state index in [1.54, 1.807) is 36.1 Å². The number of carbonyl (C=O) groups is 1. The van der Waals surface area contributed by atoms with Crippen LogP contribution < -0.4 is 15.6 Å². The van der Waals surface area contributed by atoms with E-state index in [4.69, 9.17) is 4.74 Å². The van der Waals surface area contributed by atoms with E-state index in [0.29, 0.717) is 16.7 Å². The number of methoxy groups -OCH3 is 1. The van der Waals surface area contributed by atoms with Crippen molar-refractivity contribution in [3.63, 3.8) is 0 Å². The van der Waals surface area contributed by atoms with Crippen LogP contribution in [0.2, 0.25) is 0 Å². The van der Waals surface area contributed by atoms with Gasteiger partial charge in [0.15, 0.2) is 5.65 Å². The number of anilines is 1. The molecule has 0 aliphatic heterocycles. The molecule has 142 valence electrons. The number of ether oxygens (including phenoxy) is 1. The van der Waals surface area contributed by atoms with Gasteiger partial charge in [-0.2, -0.15) is 5.10 Å². The maximum absolute atomic E-state index is 12.6. The molecule has 1 aromatic carbocycles. The van der Waals surface area contributed by atoms with Gasteiger partial charge in [-0.05, 0) is 45.0 Å². The molecule has 1 amide bonds. The summed E-state index contributed by atoms with van der Waals surface area (Å²) in [5.74, 6) is 0.535. The molecule has 0 bridgehead atoms. The lowest BCUT2D eigenvalue weighted by Crippen LogP contribution is -2.26. The summed E-state index contributed by atoms with van der Waals surface area (Å²) in [5, 5.41) is 7.53. The van der Waals surface area contributed by atoms with Crippen molar-refractivity contribution in [3.05, 3.63) is 47.1 Å². The van der Waals surface area contributed by atoms with Crippen LogP contribution in [0, 0.1) is 0 Å². The first-order valence-corrected chi connectivity index (χ1v) is 8.67. The molecule has 0 unspecified atom stereocenters. The summed E-state index contributed by atoms with van der Waals surface area (Å²) in [5.41, 5.74) is 0.749. The Morgan fingerprint density at radius 2 is 1.93 bits per heavy atom. The standard InChI is InChI=1S/C19H23N5O3/c1-19(2,3)24-17-15(11-21-24)18(26)23(12-20-17)10-9-16(25)22-13-5-7-14(27-4)8-6-13/h5-8,11-12H,9-10H2,1-4H3,(H,22,25). The first kappa shape index (κ1) is 18.6. The van der Waals surface area contributed by atoms with Crippen LogP contribution in [0.5, 0.6) is 5.75 Å². The zero-order valence-electron chi connectivity index (χ0n) is 15.9. The SMILES string of the molecule is COc1ccc(NC(=O)CCn2cnc3c(cnn3C(C)(C)C)c2=O)cc1. The number of benzene rings is 1. The highest BCUT2D eigenvalue weighted by Crippen LogP contribution is 2.18. The van der Waals surface area contributed by atoms with Crippen LogP contribution in [0.15, 0.2) is 41.6 Å². The van der Waals surface area contributed by atoms with E-state index >= 15 is 0 Å². The Balaban J connectivity index is 1.70. The molecule has 8 nitrogen and oxygen atoms in total. The highest BCUT2D eigenvalue weighted by Gasteiger charge is 2.19. The van der Waals surface area contributed by atoms with Gasteiger partial charge in [0.1, 0.15) is 11.1 Å². The Bertz CT molecular complexity index is 1010. The van der Waals surface area contributed by atoms with Crippen molar-refractivity contribution in [2.45, 2.75) is 39.3 Å². The lowest BCUT2D eigenvalue weighted by molar-refractivity contribution is -0.116. The molecule has 2 aromatic heterocycles. The number of hydrogen-bond acceptors (Lipinski definition) is 5. The monoisotopic (exact) mass is 369 g/mol. The first-order valence-electron chi connectivity index (χ1n) is 8.67. The number of carbonyl (C=O) groups excluding carboxylic acids is 1. The minimum atomic E-state index is -0.272. The van der Waals surface area contributed by atoms with Crippen molar-refractivity contribution in [1.29, 1.82) is 0 Å². The Labute approximate surface area is 156 Å². The number of hydrogen-bond donors (Lipinski definition) is 1. The number of nitrogens with one attached hydrogen (secondary N) is 1. The summed E-state index contributed by atoms with van der Waals surface area (Å²) in [7, 11) is 1.58. The molecule has 0 aliphatic rings. The largest absolute Gasteiger partial charge is 0.497 e. The second-order valence-electron chi connectivity index (χ2n) is 7.23. The highest BCUT2D eigenvalue weighted by atomic mass is 16.5. The number of fused-ring (bicyclic) bond motifs is 1. The fraction of sp³-hybridized carbons (Fsp3) is 0.368. The molecule has 0 saturated heterocycles. The van der Waals surface area contributed by atoms with Gasteiger partial charge in [0.25, 0.3) is 5.56 Å². The number of amides is 1. The third-order valence-corrected chi connectivity index (χ3v) is 4.14. The summed E-state index contributed by atoms with van der Waals surface area (Å²) in [6, 6.07) is 7.06. The Morgan fingerprint density at radius 1 is 1.22 bits per heavy atom. The number of rotatable bonds is 5. The van der Waals surface area contributed by atoms with Crippen molar-refractivity contribution in [3.8, 4) is 5.75 Å². The zero-order valence-corrected chi connectivity index (χ0v) is 15.9. The maximum Gasteiger partial charge on any atom is 0.264 e. The van der Waals surface area contributed by atoms with Crippen LogP contribution in [0.25, 0.3) is 11.0 Å². The summed E-state index contributed by atoms with van der Waals surface area (Å²) >= 11 is 0. The summed E-state index contributed by atoms with van der Waals surface area (Å²) in [6.45, 7) is 6.23. The van der Waals surface area contributed by atoms with E-state index in [0.717, 1.165) is 5.75 Å². The topological polar surface area (TPSA) is 91.0 Å². The van der Waals surface area contributed by atoms with Gasteiger partial charge in [0, 0.05) is 18.7 Å². The van der Waals surface area contributed by atoms with Crippen molar-refractivity contribution < 1.29 is 9.53 Å². The number of aryl methyl sites for hydroxylation is 1. The molecule has 0 saturated carbocycles. The molecule has 0 radical (unpaired) electrons. The van der Waals surface area contributed by atoms with Crippen LogP contribution >= 0.6 is 0 Å². The Kier molecular flexibility index (Phi) is 4.98. The van der Waals surface area contributed by atoms with Gasteiger partial charge >= 0.3 is 0 Å². The lowest BCUT2D eigenvalue weighted by atomic mass is 10.1. The number of nitrogens with zero attached hydrogens (tertiary/aromatic N) is 4. The van der Waals surface area contributed by atoms with E-state index in [9.17, 15) is 9.59 Å². The molecular formula is C19H23N5O3. The Morgan fingerprint density at radius 3 is 2.56 bits per heavy atom. The predicted octanol–water partition coefficient (Wildman–Crippen LogP) is 2.39. The van der Waals surface area contributed by atoms with Gasteiger partial charge in [0.05, 0.1) is 25.2 Å². The highest BCUT2D eigenvalue weighted by molar-refractivity contribution is 5.90. The van der Waals surface area contributed by atoms with E-state index in [1.165, 1.54) is 17.1 Å². The average Bonchev–Trinajstić information content (AvgIpc) is 3.07.